The van der Waals surface area contributed by atoms with Crippen molar-refractivity contribution in [2.24, 2.45) is 5.73 Å². The second-order valence-electron chi connectivity index (χ2n) is 9.44. The maximum atomic E-state index is 14.4. The van der Waals surface area contributed by atoms with Crippen LogP contribution in [0.15, 0.2) is 95.5 Å². The minimum atomic E-state index is -4.66. The van der Waals surface area contributed by atoms with Gasteiger partial charge in [0.15, 0.2) is 0 Å². The van der Waals surface area contributed by atoms with Crippen molar-refractivity contribution >= 4 is 23.3 Å². The number of carbonyl (C=O) groups is 2. The van der Waals surface area contributed by atoms with E-state index >= 15 is 0 Å². The molecule has 3 aromatic carbocycles. The lowest BCUT2D eigenvalue weighted by atomic mass is 9.67. The summed E-state index contributed by atoms with van der Waals surface area (Å²) in [7, 11) is 0. The van der Waals surface area contributed by atoms with E-state index in [1.54, 1.807) is 24.3 Å². The molecule has 200 valence electrons. The lowest BCUT2D eigenvalue weighted by Crippen LogP contribution is -2.50. The molecule has 0 bridgehead atoms. The van der Waals surface area contributed by atoms with Crippen molar-refractivity contribution in [2.45, 2.75) is 18.1 Å². The zero-order valence-electron chi connectivity index (χ0n) is 20.5. The minimum absolute atomic E-state index is 0.00844. The number of alkyl halides is 3. The van der Waals surface area contributed by atoms with Crippen LogP contribution in [0.25, 0.3) is 0 Å². The minimum Gasteiger partial charge on any atom is -0.456 e. The van der Waals surface area contributed by atoms with E-state index in [2.05, 4.69) is 0 Å². The molecule has 3 aliphatic rings. The van der Waals surface area contributed by atoms with Crippen LogP contribution in [-0.2, 0) is 32.5 Å². The molecular formula is C29H18F4N4O3. The first-order valence-electron chi connectivity index (χ1n) is 12.0. The van der Waals surface area contributed by atoms with Crippen LogP contribution in [0.5, 0.6) is 0 Å². The number of nitrogens with zero attached hydrogens (tertiary/aromatic N) is 3. The molecule has 0 saturated carbocycles. The molecule has 6 rings (SSSR count). The van der Waals surface area contributed by atoms with Crippen molar-refractivity contribution in [3.8, 4) is 6.07 Å². The first kappa shape index (κ1) is 25.2. The molecule has 0 saturated heterocycles. The van der Waals surface area contributed by atoms with E-state index in [4.69, 9.17) is 10.5 Å². The summed E-state index contributed by atoms with van der Waals surface area (Å²) >= 11 is 0. The van der Waals surface area contributed by atoms with Crippen LogP contribution in [0, 0.1) is 17.1 Å². The standard InChI is InChI=1S/C29H18F4N4O3/c30-18-10-8-16(9-11-18)14-36-22-7-2-1-6-20(22)28(27(36)39)21(13-34)25(35)37(23-15-40-26(38)24(23)28)19-5-3-4-17(12-19)29(31,32)33/h1-12H,14-15,35H2. The molecule has 11 heteroatoms. The van der Waals surface area contributed by atoms with Gasteiger partial charge in [-0.3, -0.25) is 9.69 Å². The highest BCUT2D eigenvalue weighted by Crippen LogP contribution is 2.56. The number of nitriles is 1. The predicted molar refractivity (Wildman–Crippen MR) is 134 cm³/mol. The normalized spacial score (nSPS) is 20.2. The number of hydrogen-bond acceptors (Lipinski definition) is 6. The van der Waals surface area contributed by atoms with E-state index in [1.165, 1.54) is 41.3 Å². The molecule has 1 spiro atoms. The van der Waals surface area contributed by atoms with Crippen LogP contribution in [0.2, 0.25) is 0 Å². The van der Waals surface area contributed by atoms with Crippen molar-refractivity contribution in [1.82, 2.24) is 0 Å². The number of para-hydroxylation sites is 1. The fourth-order valence-electron chi connectivity index (χ4n) is 5.64. The van der Waals surface area contributed by atoms with Crippen molar-refractivity contribution in [3.05, 3.63) is 118 Å². The molecule has 2 N–H and O–H groups in total. The van der Waals surface area contributed by atoms with Crippen molar-refractivity contribution in [3.63, 3.8) is 0 Å². The van der Waals surface area contributed by atoms with Gasteiger partial charge < -0.3 is 15.4 Å². The Morgan fingerprint density at radius 2 is 1.75 bits per heavy atom. The lowest BCUT2D eigenvalue weighted by molar-refractivity contribution is -0.138. The Morgan fingerprint density at radius 1 is 1.02 bits per heavy atom. The quantitative estimate of drug-likeness (QED) is 0.379. The Balaban J connectivity index is 1.59. The number of amides is 1. The topological polar surface area (TPSA) is 99.7 Å². The SMILES string of the molecule is N#CC1=C(N)N(c2cccc(C(F)(F)F)c2)C2=C(C(=O)OC2)C12C(=O)N(Cc1ccc(F)cc1)c1ccccc12. The number of hydrogen-bond donors (Lipinski definition) is 1. The molecule has 3 aliphatic heterocycles. The number of halogens is 4. The Bertz CT molecular complexity index is 1710. The van der Waals surface area contributed by atoms with E-state index in [0.29, 0.717) is 16.8 Å². The van der Waals surface area contributed by atoms with Gasteiger partial charge in [-0.25, -0.2) is 9.18 Å². The Labute approximate surface area is 225 Å². The third-order valence-corrected chi connectivity index (χ3v) is 7.31. The maximum absolute atomic E-state index is 14.4. The number of rotatable bonds is 3. The first-order chi connectivity index (χ1) is 19.1. The highest BCUT2D eigenvalue weighted by molar-refractivity contribution is 6.19. The largest absolute Gasteiger partial charge is 0.456 e. The number of esters is 1. The van der Waals surface area contributed by atoms with Gasteiger partial charge in [-0.1, -0.05) is 36.4 Å². The van der Waals surface area contributed by atoms with Crippen LogP contribution in [0.4, 0.5) is 28.9 Å². The van der Waals surface area contributed by atoms with Gasteiger partial charge in [-0.05, 0) is 42.0 Å². The number of benzene rings is 3. The fraction of sp³-hybridized carbons (Fsp3) is 0.138. The van der Waals surface area contributed by atoms with Crippen LogP contribution in [0.3, 0.4) is 0 Å². The zero-order chi connectivity index (χ0) is 28.4. The number of anilines is 2. The second-order valence-corrected chi connectivity index (χ2v) is 9.44. The summed E-state index contributed by atoms with van der Waals surface area (Å²) in [6, 6.07) is 18.3. The van der Waals surface area contributed by atoms with Gasteiger partial charge in [0.1, 0.15) is 29.7 Å². The second kappa shape index (κ2) is 8.71. The van der Waals surface area contributed by atoms with Gasteiger partial charge in [0, 0.05) is 16.9 Å². The molecule has 1 unspecified atom stereocenters. The summed E-state index contributed by atoms with van der Waals surface area (Å²) in [5.74, 6) is -2.31. The summed E-state index contributed by atoms with van der Waals surface area (Å²) in [6.45, 7) is -0.384. The molecule has 0 fully saturated rings. The third kappa shape index (κ3) is 3.42. The van der Waals surface area contributed by atoms with Gasteiger partial charge in [-0.2, -0.15) is 18.4 Å². The van der Waals surface area contributed by atoms with Gasteiger partial charge in [0.25, 0.3) is 0 Å². The van der Waals surface area contributed by atoms with Gasteiger partial charge in [0.2, 0.25) is 5.91 Å². The molecule has 1 amide bonds. The van der Waals surface area contributed by atoms with E-state index in [-0.39, 0.29) is 41.5 Å². The number of fused-ring (bicyclic) bond motifs is 3. The summed E-state index contributed by atoms with van der Waals surface area (Å²) in [4.78, 5) is 30.3. The highest BCUT2D eigenvalue weighted by atomic mass is 19.4. The lowest BCUT2D eigenvalue weighted by Gasteiger charge is -2.38. The number of nitrogens with two attached hydrogens (primary N) is 1. The third-order valence-electron chi connectivity index (χ3n) is 7.31. The average Bonchev–Trinajstić information content (AvgIpc) is 3.42. The Hall–Kier alpha value is -5.11. The number of cyclic esters (lactones) is 1. The van der Waals surface area contributed by atoms with E-state index < -0.39 is 34.8 Å². The molecule has 40 heavy (non-hydrogen) atoms. The predicted octanol–water partition coefficient (Wildman–Crippen LogP) is 4.65. The monoisotopic (exact) mass is 546 g/mol. The summed E-state index contributed by atoms with van der Waals surface area (Å²) < 4.78 is 59.5. The van der Waals surface area contributed by atoms with Gasteiger partial charge in [-0.15, -0.1) is 0 Å². The average molecular weight is 546 g/mol. The maximum Gasteiger partial charge on any atom is 0.416 e. The van der Waals surface area contributed by atoms with Gasteiger partial charge >= 0.3 is 12.1 Å². The number of ether oxygens (including phenoxy) is 1. The van der Waals surface area contributed by atoms with E-state index in [1.807, 2.05) is 6.07 Å². The van der Waals surface area contributed by atoms with Crippen LogP contribution in [0.1, 0.15) is 16.7 Å². The molecule has 3 aromatic rings. The van der Waals surface area contributed by atoms with E-state index in [9.17, 15) is 32.4 Å². The van der Waals surface area contributed by atoms with Crippen LogP contribution < -0.4 is 15.5 Å². The summed E-state index contributed by atoms with van der Waals surface area (Å²) in [5.41, 5.74) is 4.35. The molecule has 7 nitrogen and oxygen atoms in total. The summed E-state index contributed by atoms with van der Waals surface area (Å²) in [6.07, 6.45) is -4.66. The van der Waals surface area contributed by atoms with Crippen molar-refractivity contribution in [2.75, 3.05) is 16.4 Å². The van der Waals surface area contributed by atoms with Crippen LogP contribution >= 0.6 is 0 Å². The molecule has 3 heterocycles. The molecule has 0 aromatic heterocycles. The Kier molecular flexibility index (Phi) is 5.48. The van der Waals surface area contributed by atoms with Crippen molar-refractivity contribution < 1.29 is 31.9 Å². The molecular weight excluding hydrogens is 528 g/mol. The fourth-order valence-corrected chi connectivity index (χ4v) is 5.64. The Morgan fingerprint density at radius 3 is 2.45 bits per heavy atom. The zero-order valence-corrected chi connectivity index (χ0v) is 20.5. The van der Waals surface area contributed by atoms with Crippen molar-refractivity contribution in [1.29, 1.82) is 5.26 Å². The van der Waals surface area contributed by atoms with E-state index in [0.717, 1.165) is 17.0 Å². The molecule has 1 atom stereocenters. The smallest absolute Gasteiger partial charge is 0.416 e. The number of carbonyl (C=O) groups excluding carboxylic acids is 2. The molecule has 0 aliphatic carbocycles. The summed E-state index contributed by atoms with van der Waals surface area (Å²) in [5, 5.41) is 10.4. The van der Waals surface area contributed by atoms with Gasteiger partial charge in [0.05, 0.1) is 29.0 Å². The highest BCUT2D eigenvalue weighted by Gasteiger charge is 2.64. The molecule has 0 radical (unpaired) electrons. The first-order valence-corrected chi connectivity index (χ1v) is 12.0. The van der Waals surface area contributed by atoms with Crippen LogP contribution in [-0.4, -0.2) is 18.5 Å².